The van der Waals surface area contributed by atoms with E-state index in [9.17, 15) is 13.2 Å². The second-order valence-electron chi connectivity index (χ2n) is 5.98. The zero-order chi connectivity index (χ0) is 19.4. The lowest BCUT2D eigenvalue weighted by Gasteiger charge is -2.07. The van der Waals surface area contributed by atoms with Crippen LogP contribution in [0.1, 0.15) is 15.9 Å². The summed E-state index contributed by atoms with van der Waals surface area (Å²) < 4.78 is 32.0. The molecule has 3 aromatic rings. The van der Waals surface area contributed by atoms with Crippen LogP contribution in [0, 0.1) is 0 Å². The van der Waals surface area contributed by atoms with Gasteiger partial charge in [0.2, 0.25) is 10.0 Å². The van der Waals surface area contributed by atoms with Crippen molar-refractivity contribution < 1.29 is 17.9 Å². The largest absolute Gasteiger partial charge is 0.496 e. The van der Waals surface area contributed by atoms with Gasteiger partial charge in [0.25, 0.3) is 5.91 Å². The average molecular weight is 385 g/mol. The summed E-state index contributed by atoms with van der Waals surface area (Å²) in [6, 6.07) is 16.8. The van der Waals surface area contributed by atoms with Gasteiger partial charge in [-0.15, -0.1) is 0 Å². The lowest BCUT2D eigenvalue weighted by atomic mass is 10.1. The smallest absolute Gasteiger partial charge is 0.268 e. The molecule has 8 heteroatoms. The predicted molar refractivity (Wildman–Crippen MR) is 102 cm³/mol. The molecule has 0 unspecified atom stereocenters. The minimum absolute atomic E-state index is 0.154. The molecule has 0 radical (unpaired) electrons. The van der Waals surface area contributed by atoms with Crippen molar-refractivity contribution in [2.75, 3.05) is 13.4 Å². The van der Waals surface area contributed by atoms with Gasteiger partial charge in [-0.05, 0) is 17.7 Å². The van der Waals surface area contributed by atoms with Gasteiger partial charge in [-0.3, -0.25) is 9.48 Å². The molecular weight excluding hydrogens is 366 g/mol. The van der Waals surface area contributed by atoms with Crippen LogP contribution in [-0.4, -0.2) is 37.5 Å². The summed E-state index contributed by atoms with van der Waals surface area (Å²) in [6.07, 6.45) is 2.47. The van der Waals surface area contributed by atoms with Crippen LogP contribution in [0.4, 0.5) is 0 Å². The molecule has 1 heterocycles. The molecule has 0 spiro atoms. The van der Waals surface area contributed by atoms with Crippen molar-refractivity contribution in [2.24, 2.45) is 0 Å². The van der Waals surface area contributed by atoms with Crippen molar-refractivity contribution in [2.45, 2.75) is 6.54 Å². The number of benzene rings is 2. The summed E-state index contributed by atoms with van der Waals surface area (Å²) in [6.45, 7) is 0.440. The number of aromatic nitrogens is 2. The molecule has 0 fully saturated rings. The zero-order valence-corrected chi connectivity index (χ0v) is 15.7. The maximum Gasteiger partial charge on any atom is 0.268 e. The number of carbonyl (C=O) groups is 1. The Morgan fingerprint density at radius 1 is 1.11 bits per heavy atom. The molecule has 1 N–H and O–H groups in total. The fraction of sp³-hybridized carbons (Fsp3) is 0.158. The van der Waals surface area contributed by atoms with E-state index < -0.39 is 15.9 Å². The van der Waals surface area contributed by atoms with E-state index in [1.54, 1.807) is 28.9 Å². The number of ether oxygens (including phenoxy) is 1. The van der Waals surface area contributed by atoms with E-state index in [0.29, 0.717) is 23.6 Å². The van der Waals surface area contributed by atoms with Gasteiger partial charge < -0.3 is 4.74 Å². The van der Waals surface area contributed by atoms with E-state index in [-0.39, 0.29) is 5.56 Å². The van der Waals surface area contributed by atoms with Crippen molar-refractivity contribution in [1.82, 2.24) is 14.5 Å². The van der Waals surface area contributed by atoms with Gasteiger partial charge in [0.05, 0.1) is 25.5 Å². The highest BCUT2D eigenvalue weighted by atomic mass is 32.2. The third kappa shape index (κ3) is 4.53. The van der Waals surface area contributed by atoms with Crippen molar-refractivity contribution in [1.29, 1.82) is 0 Å². The zero-order valence-electron chi connectivity index (χ0n) is 14.9. The molecule has 1 amide bonds. The highest BCUT2D eigenvalue weighted by molar-refractivity contribution is 7.89. The van der Waals surface area contributed by atoms with Crippen LogP contribution < -0.4 is 9.46 Å². The Bertz CT molecular complexity index is 1060. The molecule has 0 saturated heterocycles. The van der Waals surface area contributed by atoms with Crippen LogP contribution >= 0.6 is 0 Å². The first kappa shape index (κ1) is 18.7. The predicted octanol–water partition coefficient (Wildman–Crippen LogP) is 2.30. The molecule has 140 valence electrons. The fourth-order valence-corrected chi connectivity index (χ4v) is 3.15. The Kier molecular flexibility index (Phi) is 5.27. The van der Waals surface area contributed by atoms with Gasteiger partial charge >= 0.3 is 0 Å². The lowest BCUT2D eigenvalue weighted by Crippen LogP contribution is -2.29. The molecule has 0 bridgehead atoms. The van der Waals surface area contributed by atoms with Crippen molar-refractivity contribution >= 4 is 15.9 Å². The highest BCUT2D eigenvalue weighted by Gasteiger charge is 2.22. The van der Waals surface area contributed by atoms with E-state index in [1.165, 1.54) is 13.3 Å². The average Bonchev–Trinajstić information content (AvgIpc) is 3.05. The van der Waals surface area contributed by atoms with Crippen molar-refractivity contribution in [3.63, 3.8) is 0 Å². The minimum Gasteiger partial charge on any atom is -0.496 e. The number of nitrogens with one attached hydrogen (secondary N) is 1. The number of nitrogens with zero attached hydrogens (tertiary/aromatic N) is 2. The minimum atomic E-state index is -3.70. The monoisotopic (exact) mass is 385 g/mol. The maximum atomic E-state index is 12.5. The maximum absolute atomic E-state index is 12.5. The quantitative estimate of drug-likeness (QED) is 0.703. The Labute approximate surface area is 157 Å². The van der Waals surface area contributed by atoms with Crippen LogP contribution in [0.5, 0.6) is 5.75 Å². The standard InChI is InChI=1S/C19H19N3O4S/c1-26-17-11-7-6-10-15(17)18-16(19(23)21-27(2,24)25)13-22(20-18)12-14-8-4-3-5-9-14/h3-11,13H,12H2,1-2H3,(H,21,23). The van der Waals surface area contributed by atoms with E-state index in [0.717, 1.165) is 11.8 Å². The summed E-state index contributed by atoms with van der Waals surface area (Å²) in [4.78, 5) is 12.5. The first-order valence-corrected chi connectivity index (χ1v) is 10.0. The van der Waals surface area contributed by atoms with Gasteiger partial charge in [-0.2, -0.15) is 5.10 Å². The normalized spacial score (nSPS) is 11.2. The molecule has 7 nitrogen and oxygen atoms in total. The first-order valence-electron chi connectivity index (χ1n) is 8.14. The van der Waals surface area contributed by atoms with Crippen LogP contribution in [0.15, 0.2) is 60.8 Å². The van der Waals surface area contributed by atoms with Gasteiger partial charge in [-0.1, -0.05) is 42.5 Å². The number of methoxy groups -OCH3 is 1. The molecule has 0 atom stereocenters. The van der Waals surface area contributed by atoms with Crippen molar-refractivity contribution in [3.05, 3.63) is 71.9 Å². The van der Waals surface area contributed by atoms with Crippen molar-refractivity contribution in [3.8, 4) is 17.0 Å². The molecule has 0 saturated carbocycles. The number of carbonyl (C=O) groups excluding carboxylic acids is 1. The SMILES string of the molecule is COc1ccccc1-c1nn(Cc2ccccc2)cc1C(=O)NS(C)(=O)=O. The third-order valence-corrected chi connectivity index (χ3v) is 4.39. The van der Waals surface area contributed by atoms with Crippen LogP contribution in [0.3, 0.4) is 0 Å². The molecule has 0 aliphatic heterocycles. The Balaban J connectivity index is 2.07. The molecule has 0 aliphatic rings. The fourth-order valence-electron chi connectivity index (χ4n) is 2.70. The summed E-state index contributed by atoms with van der Waals surface area (Å²) in [5.74, 6) is -0.200. The number of hydrogen-bond acceptors (Lipinski definition) is 5. The summed E-state index contributed by atoms with van der Waals surface area (Å²) in [5, 5.41) is 4.52. The van der Waals surface area contributed by atoms with Gasteiger partial charge in [-0.25, -0.2) is 13.1 Å². The molecule has 0 aliphatic carbocycles. The Hall–Kier alpha value is -3.13. The molecule has 3 rings (SSSR count). The molecule has 2 aromatic carbocycles. The first-order chi connectivity index (χ1) is 12.9. The Morgan fingerprint density at radius 2 is 1.78 bits per heavy atom. The number of para-hydroxylation sites is 1. The molecule has 1 aromatic heterocycles. The highest BCUT2D eigenvalue weighted by Crippen LogP contribution is 2.31. The van der Waals surface area contributed by atoms with E-state index in [1.807, 2.05) is 35.1 Å². The van der Waals surface area contributed by atoms with Crippen LogP contribution in [0.2, 0.25) is 0 Å². The topological polar surface area (TPSA) is 90.3 Å². The summed E-state index contributed by atoms with van der Waals surface area (Å²) in [7, 11) is -2.18. The van der Waals surface area contributed by atoms with Crippen LogP contribution in [0.25, 0.3) is 11.3 Å². The second-order valence-corrected chi connectivity index (χ2v) is 7.73. The van der Waals surface area contributed by atoms with E-state index in [2.05, 4.69) is 5.10 Å². The number of amides is 1. The summed E-state index contributed by atoms with van der Waals surface area (Å²) >= 11 is 0. The number of rotatable bonds is 6. The number of sulfonamides is 1. The molecule has 27 heavy (non-hydrogen) atoms. The van der Waals surface area contributed by atoms with Gasteiger partial charge in [0, 0.05) is 11.8 Å². The summed E-state index contributed by atoms with van der Waals surface area (Å²) in [5.41, 5.74) is 2.11. The van der Waals surface area contributed by atoms with Crippen LogP contribution in [-0.2, 0) is 16.6 Å². The number of hydrogen-bond donors (Lipinski definition) is 1. The van der Waals surface area contributed by atoms with E-state index >= 15 is 0 Å². The van der Waals surface area contributed by atoms with E-state index in [4.69, 9.17) is 4.74 Å². The van der Waals surface area contributed by atoms with Gasteiger partial charge in [0.15, 0.2) is 0 Å². The second kappa shape index (κ2) is 7.63. The van der Waals surface area contributed by atoms with Gasteiger partial charge in [0.1, 0.15) is 11.4 Å². The Morgan fingerprint density at radius 3 is 2.44 bits per heavy atom. The lowest BCUT2D eigenvalue weighted by molar-refractivity contribution is 0.0982. The third-order valence-electron chi connectivity index (χ3n) is 3.83. The molecular formula is C19H19N3O4S.